The molecule has 0 saturated heterocycles. The molecule has 0 atom stereocenters. The molecule has 1 aromatic heterocycles. The van der Waals surface area contributed by atoms with Crippen molar-refractivity contribution < 1.29 is 0 Å². The van der Waals surface area contributed by atoms with Gasteiger partial charge in [0.2, 0.25) is 0 Å². The van der Waals surface area contributed by atoms with Crippen molar-refractivity contribution in [3.05, 3.63) is 60.7 Å². The van der Waals surface area contributed by atoms with Gasteiger partial charge in [-0.25, -0.2) is 4.98 Å². The first-order chi connectivity index (χ1) is 9.33. The standard InChI is InChI=1S/C17H11NS/c19-17-10-16-14(12-6-2-3-7-13(12)17)9-11-5-1-4-8-15(11)18-16/h1-10,19H. The average molecular weight is 261 g/mol. The lowest BCUT2D eigenvalue weighted by Crippen LogP contribution is -1.85. The summed E-state index contributed by atoms with van der Waals surface area (Å²) in [5.41, 5.74) is 2.03. The Morgan fingerprint density at radius 3 is 2.32 bits per heavy atom. The van der Waals surface area contributed by atoms with Crippen molar-refractivity contribution in [2.45, 2.75) is 4.90 Å². The van der Waals surface area contributed by atoms with E-state index in [2.05, 4.69) is 43.0 Å². The van der Waals surface area contributed by atoms with Gasteiger partial charge in [-0.2, -0.15) is 0 Å². The zero-order valence-electron chi connectivity index (χ0n) is 10.2. The largest absolute Gasteiger partial charge is 0.248 e. The summed E-state index contributed by atoms with van der Waals surface area (Å²) < 4.78 is 0. The Morgan fingerprint density at radius 1 is 0.684 bits per heavy atom. The lowest BCUT2D eigenvalue weighted by molar-refractivity contribution is 1.47. The van der Waals surface area contributed by atoms with Gasteiger partial charge in [0.15, 0.2) is 0 Å². The number of para-hydroxylation sites is 1. The Labute approximate surface area is 116 Å². The van der Waals surface area contributed by atoms with Crippen LogP contribution < -0.4 is 0 Å². The molecule has 0 fully saturated rings. The van der Waals surface area contributed by atoms with Gasteiger partial charge < -0.3 is 0 Å². The van der Waals surface area contributed by atoms with Crippen LogP contribution in [-0.2, 0) is 0 Å². The molecule has 0 saturated carbocycles. The van der Waals surface area contributed by atoms with Gasteiger partial charge in [-0.1, -0.05) is 42.5 Å². The maximum Gasteiger partial charge on any atom is 0.0727 e. The molecule has 3 aromatic carbocycles. The summed E-state index contributed by atoms with van der Waals surface area (Å²) in [6.45, 7) is 0. The molecular formula is C17H11NS. The summed E-state index contributed by atoms with van der Waals surface area (Å²) in [6, 6.07) is 20.8. The van der Waals surface area contributed by atoms with Crippen LogP contribution in [0.2, 0.25) is 0 Å². The van der Waals surface area contributed by atoms with E-state index in [1.54, 1.807) is 0 Å². The minimum absolute atomic E-state index is 0.978. The molecule has 1 nitrogen and oxygen atoms in total. The topological polar surface area (TPSA) is 12.9 Å². The van der Waals surface area contributed by atoms with E-state index < -0.39 is 0 Å². The van der Waals surface area contributed by atoms with Crippen LogP contribution in [0.5, 0.6) is 0 Å². The number of fused-ring (bicyclic) bond motifs is 4. The Morgan fingerprint density at radius 2 is 1.42 bits per heavy atom. The summed E-state index contributed by atoms with van der Waals surface area (Å²) in [5, 5.41) is 4.75. The molecule has 0 aliphatic rings. The summed E-state index contributed by atoms with van der Waals surface area (Å²) in [4.78, 5) is 5.72. The molecule has 4 aromatic rings. The Kier molecular flexibility index (Phi) is 2.26. The van der Waals surface area contributed by atoms with Gasteiger partial charge in [-0.3, -0.25) is 0 Å². The smallest absolute Gasteiger partial charge is 0.0727 e. The second kappa shape index (κ2) is 3.97. The van der Waals surface area contributed by atoms with E-state index in [0.717, 1.165) is 15.9 Å². The zero-order chi connectivity index (χ0) is 12.8. The first kappa shape index (κ1) is 10.8. The van der Waals surface area contributed by atoms with Crippen molar-refractivity contribution in [1.82, 2.24) is 4.98 Å². The van der Waals surface area contributed by atoms with Gasteiger partial charge in [0.1, 0.15) is 0 Å². The predicted octanol–water partition coefficient (Wildman–Crippen LogP) is 4.83. The molecule has 0 aliphatic heterocycles. The molecule has 0 bridgehead atoms. The number of benzene rings is 3. The number of aromatic nitrogens is 1. The monoisotopic (exact) mass is 261 g/mol. The third-order valence-electron chi connectivity index (χ3n) is 3.52. The van der Waals surface area contributed by atoms with Crippen molar-refractivity contribution in [3.63, 3.8) is 0 Å². The highest BCUT2D eigenvalue weighted by Crippen LogP contribution is 2.31. The highest BCUT2D eigenvalue weighted by atomic mass is 32.1. The van der Waals surface area contributed by atoms with E-state index in [1.165, 1.54) is 21.5 Å². The second-order valence-corrected chi connectivity index (χ2v) is 5.17. The molecule has 0 N–H and O–H groups in total. The van der Waals surface area contributed by atoms with E-state index in [9.17, 15) is 0 Å². The summed E-state index contributed by atoms with van der Waals surface area (Å²) in [7, 11) is 0. The van der Waals surface area contributed by atoms with Crippen molar-refractivity contribution in [3.8, 4) is 0 Å². The van der Waals surface area contributed by atoms with Gasteiger partial charge in [-0.05, 0) is 29.0 Å². The lowest BCUT2D eigenvalue weighted by Gasteiger charge is -2.07. The lowest BCUT2D eigenvalue weighted by atomic mass is 10.0. The van der Waals surface area contributed by atoms with E-state index >= 15 is 0 Å². The number of hydrogen-bond donors (Lipinski definition) is 1. The molecule has 4 rings (SSSR count). The quantitative estimate of drug-likeness (QED) is 0.272. The Bertz CT molecular complexity index is 928. The maximum absolute atomic E-state index is 4.74. The van der Waals surface area contributed by atoms with E-state index in [0.29, 0.717) is 0 Å². The van der Waals surface area contributed by atoms with E-state index in [-0.39, 0.29) is 0 Å². The molecule has 2 heteroatoms. The molecule has 19 heavy (non-hydrogen) atoms. The zero-order valence-corrected chi connectivity index (χ0v) is 11.1. The van der Waals surface area contributed by atoms with Gasteiger partial charge in [0, 0.05) is 15.7 Å². The van der Waals surface area contributed by atoms with Gasteiger partial charge >= 0.3 is 0 Å². The molecule has 0 spiro atoms. The van der Waals surface area contributed by atoms with E-state index in [4.69, 9.17) is 4.98 Å². The van der Waals surface area contributed by atoms with Crippen LogP contribution in [-0.4, -0.2) is 4.98 Å². The predicted molar refractivity (Wildman–Crippen MR) is 84.0 cm³/mol. The first-order valence-electron chi connectivity index (χ1n) is 6.23. The van der Waals surface area contributed by atoms with Crippen LogP contribution >= 0.6 is 12.6 Å². The van der Waals surface area contributed by atoms with E-state index in [1.807, 2.05) is 30.3 Å². The van der Waals surface area contributed by atoms with Gasteiger partial charge in [-0.15, -0.1) is 12.6 Å². The van der Waals surface area contributed by atoms with Crippen molar-refractivity contribution >= 4 is 45.2 Å². The molecule has 0 amide bonds. The summed E-state index contributed by atoms with van der Waals surface area (Å²) in [5.74, 6) is 0. The maximum atomic E-state index is 4.74. The highest BCUT2D eigenvalue weighted by molar-refractivity contribution is 7.80. The van der Waals surface area contributed by atoms with Crippen LogP contribution in [0.1, 0.15) is 0 Å². The second-order valence-electron chi connectivity index (χ2n) is 4.69. The molecular weight excluding hydrogens is 250 g/mol. The van der Waals surface area contributed by atoms with Crippen molar-refractivity contribution in [1.29, 1.82) is 0 Å². The minimum Gasteiger partial charge on any atom is -0.248 e. The number of thiol groups is 1. The van der Waals surface area contributed by atoms with Crippen LogP contribution in [0.25, 0.3) is 32.6 Å². The summed E-state index contributed by atoms with van der Waals surface area (Å²) in [6.07, 6.45) is 0. The third kappa shape index (κ3) is 1.60. The number of nitrogens with zero attached hydrogens (tertiary/aromatic N) is 1. The Hall–Kier alpha value is -2.06. The first-order valence-corrected chi connectivity index (χ1v) is 6.68. The fraction of sp³-hybridized carbons (Fsp3) is 0. The Balaban J connectivity index is 2.29. The fourth-order valence-electron chi connectivity index (χ4n) is 2.61. The molecule has 90 valence electrons. The molecule has 0 radical (unpaired) electrons. The number of hydrogen-bond acceptors (Lipinski definition) is 2. The summed E-state index contributed by atoms with van der Waals surface area (Å²) >= 11 is 4.58. The normalized spacial score (nSPS) is 11.4. The molecule has 0 unspecified atom stereocenters. The minimum atomic E-state index is 0.978. The SMILES string of the molecule is Sc1cc2nc3ccccc3cc2c2ccccc12. The van der Waals surface area contributed by atoms with Gasteiger partial charge in [0.25, 0.3) is 0 Å². The van der Waals surface area contributed by atoms with Gasteiger partial charge in [0.05, 0.1) is 11.0 Å². The highest BCUT2D eigenvalue weighted by Gasteiger charge is 2.06. The van der Waals surface area contributed by atoms with Crippen LogP contribution in [0, 0.1) is 0 Å². The number of rotatable bonds is 0. The van der Waals surface area contributed by atoms with Crippen molar-refractivity contribution in [2.75, 3.05) is 0 Å². The average Bonchev–Trinajstić information content (AvgIpc) is 2.46. The van der Waals surface area contributed by atoms with Crippen LogP contribution in [0.4, 0.5) is 0 Å². The van der Waals surface area contributed by atoms with Crippen molar-refractivity contribution in [2.24, 2.45) is 0 Å². The fourth-order valence-corrected chi connectivity index (χ4v) is 2.92. The van der Waals surface area contributed by atoms with Crippen LogP contribution in [0.15, 0.2) is 65.6 Å². The molecule has 1 heterocycles. The third-order valence-corrected chi connectivity index (χ3v) is 3.89. The molecule has 0 aliphatic carbocycles. The number of pyridine rings is 1. The van der Waals surface area contributed by atoms with Crippen LogP contribution in [0.3, 0.4) is 0 Å².